The predicted octanol–water partition coefficient (Wildman–Crippen LogP) is 4.82. The van der Waals surface area contributed by atoms with Gasteiger partial charge >= 0.3 is 6.18 Å². The third-order valence-electron chi connectivity index (χ3n) is 5.44. The van der Waals surface area contributed by atoms with Crippen molar-refractivity contribution >= 4 is 34.9 Å². The van der Waals surface area contributed by atoms with Crippen LogP contribution in [-0.4, -0.2) is 31.8 Å². The molecule has 3 rings (SSSR count). The van der Waals surface area contributed by atoms with Crippen molar-refractivity contribution in [3.63, 3.8) is 0 Å². The molecule has 0 aliphatic heterocycles. The van der Waals surface area contributed by atoms with Gasteiger partial charge in [-0.3, -0.25) is 9.20 Å². The number of carbonyl (C=O) groups is 1. The van der Waals surface area contributed by atoms with Crippen LogP contribution in [0.4, 0.5) is 13.2 Å². The smallest absolute Gasteiger partial charge is 0.352 e. The number of nitrogens with one attached hydrogen (secondary N) is 1. The average Bonchev–Trinajstić information content (AvgIpc) is 3.01. The highest BCUT2D eigenvalue weighted by atomic mass is 35.5. The summed E-state index contributed by atoms with van der Waals surface area (Å²) in [6.45, 7) is 6.03. The summed E-state index contributed by atoms with van der Waals surface area (Å²) in [7, 11) is 0. The molecule has 1 amide bonds. The molecule has 0 aromatic carbocycles. The molecule has 4 unspecified atom stereocenters. The number of pyridine rings is 1. The molecule has 2 aromatic heterocycles. The van der Waals surface area contributed by atoms with E-state index < -0.39 is 17.0 Å². The van der Waals surface area contributed by atoms with Crippen LogP contribution in [0.5, 0.6) is 0 Å². The Kier molecular flexibility index (Phi) is 6.14. The average molecular weight is 435 g/mol. The molecule has 2 heterocycles. The SMILES string of the molecule is CC(Sc1nnc2c(Cl)cc(C(F)(F)F)cn12)C(=O)NC1CCCC(C)C1C. The Labute approximate surface area is 170 Å². The lowest BCUT2D eigenvalue weighted by atomic mass is 9.78. The summed E-state index contributed by atoms with van der Waals surface area (Å²) in [5, 5.41) is 10.4. The van der Waals surface area contributed by atoms with E-state index in [1.807, 2.05) is 0 Å². The lowest BCUT2D eigenvalue weighted by Gasteiger charge is -2.35. The van der Waals surface area contributed by atoms with E-state index in [4.69, 9.17) is 11.6 Å². The Balaban J connectivity index is 1.76. The maximum atomic E-state index is 13.1. The minimum atomic E-state index is -4.54. The first-order valence-electron chi connectivity index (χ1n) is 9.16. The second-order valence-corrected chi connectivity index (χ2v) is 9.11. The number of thioether (sulfide) groups is 1. The number of fused-ring (bicyclic) bond motifs is 1. The lowest BCUT2D eigenvalue weighted by molar-refractivity contribution is -0.137. The molecule has 1 N–H and O–H groups in total. The Morgan fingerprint density at radius 1 is 1.36 bits per heavy atom. The second-order valence-electron chi connectivity index (χ2n) is 7.39. The number of aromatic nitrogens is 3. The Bertz CT molecular complexity index is 872. The molecule has 154 valence electrons. The van der Waals surface area contributed by atoms with Crippen molar-refractivity contribution in [1.82, 2.24) is 19.9 Å². The molecule has 2 aromatic rings. The van der Waals surface area contributed by atoms with Gasteiger partial charge in [-0.25, -0.2) is 0 Å². The zero-order valence-electron chi connectivity index (χ0n) is 15.8. The molecule has 0 saturated heterocycles. The summed E-state index contributed by atoms with van der Waals surface area (Å²) in [6.07, 6.45) is -0.468. The molecule has 5 nitrogen and oxygen atoms in total. The van der Waals surface area contributed by atoms with Crippen molar-refractivity contribution in [1.29, 1.82) is 0 Å². The van der Waals surface area contributed by atoms with Gasteiger partial charge in [-0.1, -0.05) is 50.1 Å². The van der Waals surface area contributed by atoms with E-state index in [1.165, 1.54) is 4.40 Å². The monoisotopic (exact) mass is 434 g/mol. The number of nitrogens with zero attached hydrogens (tertiary/aromatic N) is 3. The zero-order valence-corrected chi connectivity index (χ0v) is 17.3. The Morgan fingerprint density at radius 3 is 2.75 bits per heavy atom. The largest absolute Gasteiger partial charge is 0.417 e. The number of hydrogen-bond donors (Lipinski definition) is 1. The number of hydrogen-bond acceptors (Lipinski definition) is 4. The first-order valence-corrected chi connectivity index (χ1v) is 10.4. The third-order valence-corrected chi connectivity index (χ3v) is 6.78. The van der Waals surface area contributed by atoms with E-state index in [0.717, 1.165) is 43.3 Å². The molecule has 10 heteroatoms. The molecule has 0 spiro atoms. The summed E-state index contributed by atoms with van der Waals surface area (Å²) in [5.41, 5.74) is -0.770. The fourth-order valence-corrected chi connectivity index (χ4v) is 4.54. The molecular formula is C18H22ClF3N4OS. The van der Waals surface area contributed by atoms with Crippen LogP contribution < -0.4 is 5.32 Å². The minimum Gasteiger partial charge on any atom is -0.352 e. The molecule has 0 radical (unpaired) electrons. The van der Waals surface area contributed by atoms with Crippen molar-refractivity contribution in [2.75, 3.05) is 0 Å². The van der Waals surface area contributed by atoms with Crippen LogP contribution in [0.25, 0.3) is 5.65 Å². The Morgan fingerprint density at radius 2 is 2.07 bits per heavy atom. The summed E-state index contributed by atoms with van der Waals surface area (Å²) in [4.78, 5) is 12.6. The van der Waals surface area contributed by atoms with E-state index >= 15 is 0 Å². The fraction of sp³-hybridized carbons (Fsp3) is 0.611. The van der Waals surface area contributed by atoms with Crippen LogP contribution in [0.2, 0.25) is 5.02 Å². The topological polar surface area (TPSA) is 59.3 Å². The zero-order chi connectivity index (χ0) is 20.6. The van der Waals surface area contributed by atoms with Gasteiger partial charge in [0.05, 0.1) is 15.8 Å². The van der Waals surface area contributed by atoms with Gasteiger partial charge in [0, 0.05) is 12.2 Å². The summed E-state index contributed by atoms with van der Waals surface area (Å²) < 4.78 is 40.4. The van der Waals surface area contributed by atoms with Crippen molar-refractivity contribution in [3.8, 4) is 0 Å². The van der Waals surface area contributed by atoms with Crippen molar-refractivity contribution < 1.29 is 18.0 Å². The van der Waals surface area contributed by atoms with Crippen LogP contribution in [0, 0.1) is 11.8 Å². The molecule has 1 aliphatic rings. The lowest BCUT2D eigenvalue weighted by Crippen LogP contribution is -2.46. The molecule has 0 bridgehead atoms. The standard InChI is InChI=1S/C18H22ClF3N4OS/c1-9-5-4-6-14(10(9)2)23-16(27)11(3)28-17-25-24-15-13(19)7-12(8-26(15)17)18(20,21)22/h7-11,14H,4-6H2,1-3H3,(H,23,27). The fourth-order valence-electron chi connectivity index (χ4n) is 3.47. The number of carbonyl (C=O) groups excluding carboxylic acids is 1. The predicted molar refractivity (Wildman–Crippen MR) is 102 cm³/mol. The summed E-state index contributed by atoms with van der Waals surface area (Å²) in [6, 6.07) is 0.933. The summed E-state index contributed by atoms with van der Waals surface area (Å²) in [5.74, 6) is 0.771. The molecule has 28 heavy (non-hydrogen) atoms. The quantitative estimate of drug-likeness (QED) is 0.700. The highest BCUT2D eigenvalue weighted by Crippen LogP contribution is 2.34. The van der Waals surface area contributed by atoms with E-state index in [2.05, 4.69) is 29.4 Å². The molecular weight excluding hydrogens is 413 g/mol. The van der Waals surface area contributed by atoms with E-state index in [1.54, 1.807) is 6.92 Å². The van der Waals surface area contributed by atoms with Gasteiger partial charge < -0.3 is 5.32 Å². The molecule has 1 fully saturated rings. The minimum absolute atomic E-state index is 0.112. The second kappa shape index (κ2) is 8.10. The van der Waals surface area contributed by atoms with Crippen LogP contribution in [0.1, 0.15) is 45.6 Å². The molecule has 1 saturated carbocycles. The first kappa shape index (κ1) is 21.2. The van der Waals surface area contributed by atoms with Gasteiger partial charge in [-0.2, -0.15) is 13.2 Å². The van der Waals surface area contributed by atoms with Gasteiger partial charge in [0.25, 0.3) is 0 Å². The van der Waals surface area contributed by atoms with Gasteiger partial charge in [-0.15, -0.1) is 10.2 Å². The number of alkyl halides is 3. The van der Waals surface area contributed by atoms with Crippen molar-refractivity contribution in [2.24, 2.45) is 11.8 Å². The number of halogens is 4. The maximum Gasteiger partial charge on any atom is 0.417 e. The van der Waals surface area contributed by atoms with Gasteiger partial charge in [0.1, 0.15) is 0 Å². The molecule has 1 aliphatic carbocycles. The third kappa shape index (κ3) is 4.40. The number of amides is 1. The van der Waals surface area contributed by atoms with Gasteiger partial charge in [0.15, 0.2) is 10.8 Å². The molecule has 4 atom stereocenters. The highest BCUT2D eigenvalue weighted by Gasteiger charge is 2.33. The first-order chi connectivity index (χ1) is 13.1. The van der Waals surface area contributed by atoms with Crippen LogP contribution in [-0.2, 0) is 11.0 Å². The van der Waals surface area contributed by atoms with Crippen molar-refractivity contribution in [2.45, 2.75) is 62.7 Å². The van der Waals surface area contributed by atoms with Gasteiger partial charge in [-0.05, 0) is 31.2 Å². The summed E-state index contributed by atoms with van der Waals surface area (Å²) >= 11 is 6.99. The van der Waals surface area contributed by atoms with E-state index in [0.29, 0.717) is 11.8 Å². The van der Waals surface area contributed by atoms with Crippen molar-refractivity contribution in [3.05, 3.63) is 22.8 Å². The Hall–Kier alpha value is -1.48. The highest BCUT2D eigenvalue weighted by molar-refractivity contribution is 8.00. The maximum absolute atomic E-state index is 13.1. The van der Waals surface area contributed by atoms with Crippen LogP contribution in [0.15, 0.2) is 17.4 Å². The van der Waals surface area contributed by atoms with E-state index in [-0.39, 0.29) is 27.8 Å². The van der Waals surface area contributed by atoms with E-state index in [9.17, 15) is 18.0 Å². The normalized spacial score (nSPS) is 24.3. The van der Waals surface area contributed by atoms with Crippen LogP contribution >= 0.6 is 23.4 Å². The number of rotatable bonds is 4. The van der Waals surface area contributed by atoms with Crippen LogP contribution in [0.3, 0.4) is 0 Å². The van der Waals surface area contributed by atoms with Gasteiger partial charge in [0.2, 0.25) is 5.91 Å².